The van der Waals surface area contributed by atoms with Crippen molar-refractivity contribution >= 4 is 28.2 Å². The second-order valence-corrected chi connectivity index (χ2v) is 10.5. The quantitative estimate of drug-likeness (QED) is 0.474. The SMILES string of the molecule is Cc1c([C@@H](C)Nc2nnc(C)c3ccc(N4CCC5(CCN(C)C5=O)CC4)cc23)cccc1C(F)(F)F. The van der Waals surface area contributed by atoms with E-state index in [0.717, 1.165) is 67.1 Å². The highest BCUT2D eigenvalue weighted by Gasteiger charge is 2.46. The lowest BCUT2D eigenvalue weighted by Crippen LogP contribution is -2.44. The summed E-state index contributed by atoms with van der Waals surface area (Å²) in [6.07, 6.45) is -1.82. The van der Waals surface area contributed by atoms with Gasteiger partial charge in [-0.3, -0.25) is 4.79 Å². The van der Waals surface area contributed by atoms with Gasteiger partial charge >= 0.3 is 6.18 Å². The molecule has 1 N–H and O–H groups in total. The summed E-state index contributed by atoms with van der Waals surface area (Å²) in [7, 11) is 1.88. The number of hydrogen-bond donors (Lipinski definition) is 1. The molecule has 6 nitrogen and oxygen atoms in total. The smallest absolute Gasteiger partial charge is 0.371 e. The summed E-state index contributed by atoms with van der Waals surface area (Å²) in [6.45, 7) is 7.65. The van der Waals surface area contributed by atoms with Crippen molar-refractivity contribution in [3.8, 4) is 0 Å². The molecule has 37 heavy (non-hydrogen) atoms. The van der Waals surface area contributed by atoms with E-state index in [2.05, 4.69) is 32.5 Å². The van der Waals surface area contributed by atoms with Crippen LogP contribution in [-0.4, -0.2) is 47.7 Å². The van der Waals surface area contributed by atoms with Crippen molar-refractivity contribution < 1.29 is 18.0 Å². The number of benzene rings is 2. The van der Waals surface area contributed by atoms with Crippen molar-refractivity contribution in [2.75, 3.05) is 36.9 Å². The summed E-state index contributed by atoms with van der Waals surface area (Å²) >= 11 is 0. The summed E-state index contributed by atoms with van der Waals surface area (Å²) in [5, 5.41) is 13.8. The van der Waals surface area contributed by atoms with Gasteiger partial charge in [-0.05, 0) is 69.4 Å². The van der Waals surface area contributed by atoms with E-state index in [0.29, 0.717) is 11.4 Å². The number of aryl methyl sites for hydroxylation is 1. The second-order valence-electron chi connectivity index (χ2n) is 10.5. The Hall–Kier alpha value is -3.36. The van der Waals surface area contributed by atoms with Gasteiger partial charge in [-0.25, -0.2) is 0 Å². The molecule has 1 aromatic heterocycles. The van der Waals surface area contributed by atoms with Gasteiger partial charge in [0.05, 0.1) is 22.7 Å². The molecule has 2 aromatic carbocycles. The monoisotopic (exact) mass is 511 g/mol. The number of hydrogen-bond acceptors (Lipinski definition) is 5. The standard InChI is InChI=1S/C28H32F3N5O/c1-17-21(6-5-7-24(17)28(29,30)31)18(2)32-25-23-16-20(8-9-22(23)19(3)33-34-25)36-14-11-27(12-15-36)10-13-35(4)26(27)37/h5-9,16,18H,10-15H2,1-4H3,(H,32,34)/t18-/m1/s1. The first-order valence-corrected chi connectivity index (χ1v) is 12.7. The van der Waals surface area contributed by atoms with E-state index in [4.69, 9.17) is 0 Å². The number of piperidine rings is 1. The van der Waals surface area contributed by atoms with Crippen LogP contribution in [0.1, 0.15) is 54.6 Å². The van der Waals surface area contributed by atoms with E-state index in [-0.39, 0.29) is 16.9 Å². The molecule has 0 aliphatic carbocycles. The van der Waals surface area contributed by atoms with Gasteiger partial charge in [-0.15, -0.1) is 5.10 Å². The van der Waals surface area contributed by atoms with Crippen LogP contribution >= 0.6 is 0 Å². The van der Waals surface area contributed by atoms with Crippen molar-refractivity contribution in [2.45, 2.75) is 52.3 Å². The number of nitrogens with one attached hydrogen (secondary N) is 1. The number of carbonyl (C=O) groups excluding carboxylic acids is 1. The molecule has 0 radical (unpaired) electrons. The number of rotatable bonds is 4. The molecule has 1 atom stereocenters. The maximum absolute atomic E-state index is 13.5. The number of alkyl halides is 3. The topological polar surface area (TPSA) is 61.4 Å². The van der Waals surface area contributed by atoms with E-state index in [9.17, 15) is 18.0 Å². The number of carbonyl (C=O) groups is 1. The van der Waals surface area contributed by atoms with Gasteiger partial charge < -0.3 is 15.1 Å². The van der Waals surface area contributed by atoms with E-state index >= 15 is 0 Å². The van der Waals surface area contributed by atoms with Crippen LogP contribution in [-0.2, 0) is 11.0 Å². The van der Waals surface area contributed by atoms with Gasteiger partial charge in [-0.2, -0.15) is 18.3 Å². The van der Waals surface area contributed by atoms with Crippen molar-refractivity contribution in [1.82, 2.24) is 15.1 Å². The molecular weight excluding hydrogens is 479 g/mol. The van der Waals surface area contributed by atoms with Crippen LogP contribution in [0.15, 0.2) is 36.4 Å². The molecule has 2 fully saturated rings. The number of halogens is 3. The third-order valence-electron chi connectivity index (χ3n) is 8.26. The Labute approximate surface area is 214 Å². The summed E-state index contributed by atoms with van der Waals surface area (Å²) < 4.78 is 40.4. The van der Waals surface area contributed by atoms with Gasteiger partial charge in [0.1, 0.15) is 0 Å². The summed E-state index contributed by atoms with van der Waals surface area (Å²) in [5.41, 5.74) is 1.74. The summed E-state index contributed by atoms with van der Waals surface area (Å²) in [6, 6.07) is 10.0. The fourth-order valence-electron chi connectivity index (χ4n) is 5.94. The molecule has 5 rings (SSSR count). The molecule has 1 spiro atoms. The first-order valence-electron chi connectivity index (χ1n) is 12.7. The molecule has 2 saturated heterocycles. The second kappa shape index (κ2) is 9.19. The predicted molar refractivity (Wildman–Crippen MR) is 139 cm³/mol. The lowest BCUT2D eigenvalue weighted by molar-refractivity contribution is -0.138. The molecule has 9 heteroatoms. The Balaban J connectivity index is 1.42. The van der Waals surface area contributed by atoms with Crippen LogP contribution in [0.2, 0.25) is 0 Å². The highest BCUT2D eigenvalue weighted by molar-refractivity contribution is 5.95. The number of amides is 1. The zero-order chi connectivity index (χ0) is 26.5. The minimum absolute atomic E-state index is 0.203. The maximum atomic E-state index is 13.5. The van der Waals surface area contributed by atoms with E-state index < -0.39 is 17.8 Å². The Morgan fingerprint density at radius 3 is 2.35 bits per heavy atom. The van der Waals surface area contributed by atoms with Crippen molar-refractivity contribution in [2.24, 2.45) is 5.41 Å². The van der Waals surface area contributed by atoms with Gasteiger partial charge in [-0.1, -0.05) is 18.2 Å². The van der Waals surface area contributed by atoms with Crippen LogP contribution < -0.4 is 10.2 Å². The molecule has 0 bridgehead atoms. The first kappa shape index (κ1) is 25.3. The molecule has 3 heterocycles. The number of nitrogens with zero attached hydrogens (tertiary/aromatic N) is 4. The summed E-state index contributed by atoms with van der Waals surface area (Å²) in [4.78, 5) is 16.9. The van der Waals surface area contributed by atoms with Crippen LogP contribution in [0.4, 0.5) is 24.7 Å². The Morgan fingerprint density at radius 2 is 1.70 bits per heavy atom. The number of aromatic nitrogens is 2. The molecule has 0 unspecified atom stereocenters. The lowest BCUT2D eigenvalue weighted by Gasteiger charge is -2.39. The molecular formula is C28H32F3N5O. The van der Waals surface area contributed by atoms with Gasteiger partial charge in [0.25, 0.3) is 0 Å². The number of fused-ring (bicyclic) bond motifs is 1. The van der Waals surface area contributed by atoms with E-state index in [1.165, 1.54) is 13.0 Å². The predicted octanol–water partition coefficient (Wildman–Crippen LogP) is 5.89. The fraction of sp³-hybridized carbons (Fsp3) is 0.464. The Morgan fingerprint density at radius 1 is 1.00 bits per heavy atom. The zero-order valence-corrected chi connectivity index (χ0v) is 21.6. The molecule has 1 amide bonds. The maximum Gasteiger partial charge on any atom is 0.416 e. The van der Waals surface area contributed by atoms with Gasteiger partial charge in [0.15, 0.2) is 5.82 Å². The number of likely N-dealkylation sites (tertiary alicyclic amines) is 1. The third kappa shape index (κ3) is 4.49. The van der Waals surface area contributed by atoms with Crippen LogP contribution in [0, 0.1) is 19.3 Å². The Bertz CT molecular complexity index is 1350. The van der Waals surface area contributed by atoms with Crippen molar-refractivity contribution in [3.05, 3.63) is 58.8 Å². The average Bonchev–Trinajstić information content (AvgIpc) is 3.14. The average molecular weight is 512 g/mol. The lowest BCUT2D eigenvalue weighted by atomic mass is 9.77. The summed E-state index contributed by atoms with van der Waals surface area (Å²) in [5.74, 6) is 0.801. The van der Waals surface area contributed by atoms with Crippen molar-refractivity contribution in [1.29, 1.82) is 0 Å². The van der Waals surface area contributed by atoms with Crippen LogP contribution in [0.3, 0.4) is 0 Å². The minimum Gasteiger partial charge on any atom is -0.371 e. The zero-order valence-electron chi connectivity index (χ0n) is 21.6. The third-order valence-corrected chi connectivity index (χ3v) is 8.26. The highest BCUT2D eigenvalue weighted by atomic mass is 19.4. The van der Waals surface area contributed by atoms with Crippen LogP contribution in [0.5, 0.6) is 0 Å². The van der Waals surface area contributed by atoms with Crippen molar-refractivity contribution in [3.63, 3.8) is 0 Å². The Kier molecular flexibility index (Phi) is 6.28. The molecule has 2 aliphatic rings. The first-order chi connectivity index (χ1) is 17.5. The van der Waals surface area contributed by atoms with Gasteiger partial charge in [0, 0.05) is 43.1 Å². The molecule has 0 saturated carbocycles. The molecule has 196 valence electrons. The largest absolute Gasteiger partial charge is 0.416 e. The van der Waals surface area contributed by atoms with Gasteiger partial charge in [0.2, 0.25) is 5.91 Å². The fourth-order valence-corrected chi connectivity index (χ4v) is 5.94. The van der Waals surface area contributed by atoms with E-state index in [1.54, 1.807) is 6.07 Å². The minimum atomic E-state index is -4.41. The van der Waals surface area contributed by atoms with E-state index in [1.807, 2.05) is 31.9 Å². The number of anilines is 2. The molecule has 2 aliphatic heterocycles. The normalized spacial score (nSPS) is 18.6. The highest BCUT2D eigenvalue weighted by Crippen LogP contribution is 2.42. The molecule has 3 aromatic rings. The van der Waals surface area contributed by atoms with Crippen LogP contribution in [0.25, 0.3) is 10.8 Å².